The molecule has 0 spiro atoms. The number of carbonyl (C=O) groups is 1. The number of esters is 1. The fourth-order valence-electron chi connectivity index (χ4n) is 2.04. The Labute approximate surface area is 150 Å². The van der Waals surface area contributed by atoms with E-state index in [2.05, 4.69) is 9.46 Å². The van der Waals surface area contributed by atoms with Gasteiger partial charge in [0.25, 0.3) is 10.0 Å². The molecule has 0 bridgehead atoms. The minimum Gasteiger partial charge on any atom is -0.497 e. The van der Waals surface area contributed by atoms with Gasteiger partial charge < -0.3 is 14.2 Å². The van der Waals surface area contributed by atoms with Gasteiger partial charge >= 0.3 is 5.97 Å². The molecule has 1 N–H and O–H groups in total. The lowest BCUT2D eigenvalue weighted by atomic mass is 10.2. The number of carbonyl (C=O) groups excluding carboxylic acids is 1. The summed E-state index contributed by atoms with van der Waals surface area (Å²) in [6.45, 7) is 0. The third-order valence-electron chi connectivity index (χ3n) is 3.30. The zero-order valence-corrected chi connectivity index (χ0v) is 15.3. The summed E-state index contributed by atoms with van der Waals surface area (Å²) in [6.07, 6.45) is 0. The van der Waals surface area contributed by atoms with Gasteiger partial charge in [-0.25, -0.2) is 13.2 Å². The quantitative estimate of drug-likeness (QED) is 0.769. The highest BCUT2D eigenvalue weighted by Gasteiger charge is 2.21. The van der Waals surface area contributed by atoms with E-state index in [1.54, 1.807) is 12.1 Å². The van der Waals surface area contributed by atoms with Crippen LogP contribution in [0.4, 0.5) is 5.69 Å². The van der Waals surface area contributed by atoms with Crippen LogP contribution in [0.25, 0.3) is 0 Å². The number of anilines is 1. The fraction of sp³-hybridized carbons (Fsp3) is 0.188. The first kappa shape index (κ1) is 18.9. The maximum absolute atomic E-state index is 12.6. The number of methoxy groups -OCH3 is 3. The van der Waals surface area contributed by atoms with E-state index in [1.807, 2.05) is 0 Å². The molecule has 7 nitrogen and oxygen atoms in total. The van der Waals surface area contributed by atoms with Crippen molar-refractivity contribution in [3.63, 3.8) is 0 Å². The van der Waals surface area contributed by atoms with Crippen molar-refractivity contribution in [3.8, 4) is 11.5 Å². The second-order valence-electron chi connectivity index (χ2n) is 4.80. The number of nitrogens with one attached hydrogen (secondary N) is 1. The topological polar surface area (TPSA) is 90.9 Å². The lowest BCUT2D eigenvalue weighted by molar-refractivity contribution is 0.0600. The minimum absolute atomic E-state index is 0.0513. The average molecular weight is 386 g/mol. The Morgan fingerprint density at radius 2 is 1.76 bits per heavy atom. The molecule has 0 radical (unpaired) electrons. The Morgan fingerprint density at radius 1 is 1.04 bits per heavy atom. The van der Waals surface area contributed by atoms with E-state index in [0.717, 1.165) is 6.07 Å². The van der Waals surface area contributed by atoms with Gasteiger partial charge in [0.1, 0.15) is 11.5 Å². The molecule has 0 aromatic heterocycles. The fourth-order valence-corrected chi connectivity index (χ4v) is 3.32. The van der Waals surface area contributed by atoms with E-state index in [4.69, 9.17) is 21.1 Å². The number of hydrogen-bond acceptors (Lipinski definition) is 6. The number of benzene rings is 2. The first-order chi connectivity index (χ1) is 11.8. The van der Waals surface area contributed by atoms with Crippen LogP contribution in [0.1, 0.15) is 10.4 Å². The summed E-state index contributed by atoms with van der Waals surface area (Å²) >= 11 is 5.91. The van der Waals surface area contributed by atoms with Crippen molar-refractivity contribution in [2.75, 3.05) is 26.1 Å². The third kappa shape index (κ3) is 4.15. The van der Waals surface area contributed by atoms with Crippen LogP contribution < -0.4 is 14.2 Å². The van der Waals surface area contributed by atoms with Crippen molar-refractivity contribution in [3.05, 3.63) is 47.0 Å². The molecule has 0 aliphatic heterocycles. The monoisotopic (exact) mass is 385 g/mol. The second-order valence-corrected chi connectivity index (χ2v) is 6.89. The Kier molecular flexibility index (Phi) is 5.76. The first-order valence-electron chi connectivity index (χ1n) is 6.95. The molecule has 0 saturated carbocycles. The van der Waals surface area contributed by atoms with Gasteiger partial charge in [0.05, 0.1) is 42.5 Å². The lowest BCUT2D eigenvalue weighted by Crippen LogP contribution is -2.15. The Hall–Kier alpha value is -2.45. The van der Waals surface area contributed by atoms with Crippen LogP contribution in [0.3, 0.4) is 0 Å². The highest BCUT2D eigenvalue weighted by Crippen LogP contribution is 2.31. The summed E-state index contributed by atoms with van der Waals surface area (Å²) in [7, 11) is 0.0501. The molecule has 2 aromatic rings. The first-order valence-corrected chi connectivity index (χ1v) is 8.81. The van der Waals surface area contributed by atoms with Crippen LogP contribution in [0.5, 0.6) is 11.5 Å². The summed E-state index contributed by atoms with van der Waals surface area (Å²) < 4.78 is 42.5. The predicted octanol–water partition coefficient (Wildman–Crippen LogP) is 2.94. The molecule has 2 rings (SSSR count). The van der Waals surface area contributed by atoms with Crippen molar-refractivity contribution in [1.82, 2.24) is 0 Å². The highest BCUT2D eigenvalue weighted by atomic mass is 35.5. The van der Waals surface area contributed by atoms with Gasteiger partial charge in [-0.2, -0.15) is 0 Å². The summed E-state index contributed by atoms with van der Waals surface area (Å²) in [5, 5.41) is 0.0877. The van der Waals surface area contributed by atoms with Crippen molar-refractivity contribution < 1.29 is 27.4 Å². The summed E-state index contributed by atoms with van der Waals surface area (Å²) in [5.41, 5.74) is 0.140. The average Bonchev–Trinajstić information content (AvgIpc) is 2.60. The van der Waals surface area contributed by atoms with Gasteiger partial charge in [-0.15, -0.1) is 0 Å². The van der Waals surface area contributed by atoms with Crippen molar-refractivity contribution >= 4 is 33.3 Å². The van der Waals surface area contributed by atoms with E-state index in [9.17, 15) is 13.2 Å². The summed E-state index contributed by atoms with van der Waals surface area (Å²) in [6, 6.07) is 8.41. The smallest absolute Gasteiger partial charge is 0.339 e. The zero-order chi connectivity index (χ0) is 18.6. The van der Waals surface area contributed by atoms with Gasteiger partial charge in [-0.1, -0.05) is 11.6 Å². The molecular weight excluding hydrogens is 370 g/mol. The van der Waals surface area contributed by atoms with E-state index in [1.165, 1.54) is 39.5 Å². The Bertz CT molecular complexity index is 897. The van der Waals surface area contributed by atoms with E-state index in [0.29, 0.717) is 11.5 Å². The standard InChI is InChI=1S/C16H16ClNO6S/c1-22-10-4-7-15(23-2)14(8-10)18-25(20,21)11-5-6-13(17)12(9-11)16(19)24-3/h4-9,18H,1-3H3. The molecule has 0 saturated heterocycles. The molecule has 25 heavy (non-hydrogen) atoms. The highest BCUT2D eigenvalue weighted by molar-refractivity contribution is 7.92. The van der Waals surface area contributed by atoms with Crippen molar-refractivity contribution in [1.29, 1.82) is 0 Å². The van der Waals surface area contributed by atoms with Crippen LogP contribution in [-0.4, -0.2) is 35.7 Å². The van der Waals surface area contributed by atoms with E-state index >= 15 is 0 Å². The number of sulfonamides is 1. The zero-order valence-electron chi connectivity index (χ0n) is 13.7. The van der Waals surface area contributed by atoms with Gasteiger partial charge in [0, 0.05) is 6.07 Å². The second kappa shape index (κ2) is 7.62. The van der Waals surface area contributed by atoms with Crippen LogP contribution in [0.2, 0.25) is 5.02 Å². The Balaban J connectivity index is 2.45. The molecule has 0 atom stereocenters. The lowest BCUT2D eigenvalue weighted by Gasteiger charge is -2.14. The van der Waals surface area contributed by atoms with E-state index in [-0.39, 0.29) is 21.2 Å². The normalized spacial score (nSPS) is 10.9. The SMILES string of the molecule is COC(=O)c1cc(S(=O)(=O)Nc2cc(OC)ccc2OC)ccc1Cl. The molecule has 0 aliphatic carbocycles. The van der Waals surface area contributed by atoms with Crippen LogP contribution in [-0.2, 0) is 14.8 Å². The summed E-state index contributed by atoms with van der Waals surface area (Å²) in [5.74, 6) is 0.0254. The van der Waals surface area contributed by atoms with Crippen LogP contribution >= 0.6 is 11.6 Å². The third-order valence-corrected chi connectivity index (χ3v) is 5.00. The molecule has 9 heteroatoms. The van der Waals surface area contributed by atoms with Crippen LogP contribution in [0, 0.1) is 0 Å². The number of hydrogen-bond donors (Lipinski definition) is 1. The molecule has 0 unspecified atom stereocenters. The van der Waals surface area contributed by atoms with Crippen molar-refractivity contribution in [2.24, 2.45) is 0 Å². The molecule has 2 aromatic carbocycles. The number of ether oxygens (including phenoxy) is 3. The molecule has 0 fully saturated rings. The molecule has 0 aliphatic rings. The molecule has 0 heterocycles. The maximum atomic E-state index is 12.6. The number of rotatable bonds is 6. The van der Waals surface area contributed by atoms with E-state index < -0.39 is 16.0 Å². The molecular formula is C16H16ClNO6S. The van der Waals surface area contributed by atoms with Gasteiger partial charge in [-0.3, -0.25) is 4.72 Å². The van der Waals surface area contributed by atoms with Crippen LogP contribution in [0.15, 0.2) is 41.3 Å². The summed E-state index contributed by atoms with van der Waals surface area (Å²) in [4.78, 5) is 11.5. The predicted molar refractivity (Wildman–Crippen MR) is 93.1 cm³/mol. The Morgan fingerprint density at radius 3 is 2.36 bits per heavy atom. The maximum Gasteiger partial charge on any atom is 0.339 e. The van der Waals surface area contributed by atoms with Gasteiger partial charge in [-0.05, 0) is 30.3 Å². The largest absolute Gasteiger partial charge is 0.497 e. The minimum atomic E-state index is -4.00. The van der Waals surface area contributed by atoms with Gasteiger partial charge in [0.2, 0.25) is 0 Å². The van der Waals surface area contributed by atoms with Crippen molar-refractivity contribution in [2.45, 2.75) is 4.90 Å². The molecule has 134 valence electrons. The number of halogens is 1. The van der Waals surface area contributed by atoms with Gasteiger partial charge in [0.15, 0.2) is 0 Å². The molecule has 0 amide bonds.